The molecule has 0 saturated heterocycles. The van der Waals surface area contributed by atoms with E-state index in [1.807, 2.05) is 6.07 Å². The number of hydrogen-bond acceptors (Lipinski definition) is 6. The minimum absolute atomic E-state index is 0.223. The first-order valence-electron chi connectivity index (χ1n) is 4.41. The molecule has 0 aliphatic rings. The first-order chi connectivity index (χ1) is 7.79. The lowest BCUT2D eigenvalue weighted by atomic mass is 10.3. The van der Waals surface area contributed by atoms with Crippen molar-refractivity contribution in [3.8, 4) is 6.07 Å². The third-order valence-corrected chi connectivity index (χ3v) is 2.57. The fourth-order valence-electron chi connectivity index (χ4n) is 1.03. The van der Waals surface area contributed by atoms with E-state index < -0.39 is 0 Å². The zero-order valence-electron chi connectivity index (χ0n) is 8.16. The van der Waals surface area contributed by atoms with Crippen LogP contribution in [0.4, 0.5) is 5.69 Å². The Morgan fingerprint density at radius 1 is 1.25 bits per heavy atom. The average Bonchev–Trinajstić information content (AvgIpc) is 2.33. The summed E-state index contributed by atoms with van der Waals surface area (Å²) < 4.78 is 0. The summed E-state index contributed by atoms with van der Waals surface area (Å²) in [6.45, 7) is 0. The van der Waals surface area contributed by atoms with Gasteiger partial charge in [-0.1, -0.05) is 0 Å². The molecule has 0 spiro atoms. The number of nitriles is 1. The van der Waals surface area contributed by atoms with Crippen LogP contribution in [0.1, 0.15) is 5.69 Å². The first-order valence-corrected chi connectivity index (χ1v) is 5.23. The van der Waals surface area contributed by atoms with Gasteiger partial charge in [-0.05, 0) is 30.0 Å². The van der Waals surface area contributed by atoms with Gasteiger partial charge in [-0.25, -0.2) is 15.0 Å². The van der Waals surface area contributed by atoms with Crippen LogP contribution < -0.4 is 5.73 Å². The Morgan fingerprint density at radius 2 is 2.00 bits per heavy atom. The zero-order chi connectivity index (χ0) is 11.4. The number of pyridine rings is 1. The number of nitrogen functional groups attached to an aromatic ring is 1. The van der Waals surface area contributed by atoms with Crippen molar-refractivity contribution in [2.24, 2.45) is 0 Å². The van der Waals surface area contributed by atoms with Gasteiger partial charge in [0.1, 0.15) is 11.1 Å². The van der Waals surface area contributed by atoms with Crippen LogP contribution in [0.25, 0.3) is 0 Å². The first kappa shape index (κ1) is 10.4. The lowest BCUT2D eigenvalue weighted by Gasteiger charge is -2.00. The summed E-state index contributed by atoms with van der Waals surface area (Å²) in [6, 6.07) is 7.05. The highest BCUT2D eigenvalue weighted by atomic mass is 32.2. The molecule has 0 saturated carbocycles. The molecule has 2 heterocycles. The SMILES string of the molecule is N#Cc1nc(Sc2ncccn2)ccc1N. The van der Waals surface area contributed by atoms with Crippen LogP contribution in [0.3, 0.4) is 0 Å². The number of hydrogen-bond donors (Lipinski definition) is 1. The van der Waals surface area contributed by atoms with Gasteiger partial charge in [0.2, 0.25) is 0 Å². The van der Waals surface area contributed by atoms with E-state index >= 15 is 0 Å². The lowest BCUT2D eigenvalue weighted by Crippen LogP contribution is -1.95. The maximum absolute atomic E-state index is 8.78. The molecular formula is C10H7N5S. The predicted molar refractivity (Wildman–Crippen MR) is 59.5 cm³/mol. The average molecular weight is 229 g/mol. The van der Waals surface area contributed by atoms with E-state index in [4.69, 9.17) is 11.0 Å². The van der Waals surface area contributed by atoms with Gasteiger partial charge < -0.3 is 5.73 Å². The minimum Gasteiger partial charge on any atom is -0.396 e. The van der Waals surface area contributed by atoms with Crippen molar-refractivity contribution < 1.29 is 0 Å². The van der Waals surface area contributed by atoms with Crippen molar-refractivity contribution in [3.63, 3.8) is 0 Å². The summed E-state index contributed by atoms with van der Waals surface area (Å²) >= 11 is 1.29. The van der Waals surface area contributed by atoms with Crippen molar-refractivity contribution in [1.29, 1.82) is 5.26 Å². The Morgan fingerprint density at radius 3 is 2.69 bits per heavy atom. The van der Waals surface area contributed by atoms with E-state index in [0.29, 0.717) is 15.9 Å². The largest absolute Gasteiger partial charge is 0.396 e. The normalized spacial score (nSPS) is 9.69. The minimum atomic E-state index is 0.223. The van der Waals surface area contributed by atoms with E-state index in [9.17, 15) is 0 Å². The Labute approximate surface area is 96.4 Å². The van der Waals surface area contributed by atoms with E-state index in [1.165, 1.54) is 11.8 Å². The number of aromatic nitrogens is 3. The molecule has 0 aliphatic heterocycles. The fourth-order valence-corrected chi connectivity index (χ4v) is 1.72. The monoisotopic (exact) mass is 229 g/mol. The molecule has 0 radical (unpaired) electrons. The van der Waals surface area contributed by atoms with Crippen molar-refractivity contribution in [2.45, 2.75) is 10.2 Å². The molecular weight excluding hydrogens is 222 g/mol. The Kier molecular flexibility index (Phi) is 2.98. The fraction of sp³-hybridized carbons (Fsp3) is 0. The van der Waals surface area contributed by atoms with E-state index in [-0.39, 0.29) is 5.69 Å². The maximum atomic E-state index is 8.78. The second-order valence-electron chi connectivity index (χ2n) is 2.83. The van der Waals surface area contributed by atoms with Gasteiger partial charge in [0.15, 0.2) is 10.9 Å². The molecule has 2 rings (SSSR count). The van der Waals surface area contributed by atoms with Crippen LogP contribution in [0, 0.1) is 11.3 Å². The van der Waals surface area contributed by atoms with Crippen molar-refractivity contribution in [3.05, 3.63) is 36.3 Å². The molecule has 5 nitrogen and oxygen atoms in total. The van der Waals surface area contributed by atoms with Gasteiger partial charge in [0, 0.05) is 12.4 Å². The lowest BCUT2D eigenvalue weighted by molar-refractivity contribution is 0.959. The van der Waals surface area contributed by atoms with Crippen LogP contribution in [0.2, 0.25) is 0 Å². The second kappa shape index (κ2) is 4.59. The molecule has 2 aromatic rings. The molecule has 0 atom stereocenters. The number of rotatable bonds is 2. The molecule has 0 fully saturated rings. The van der Waals surface area contributed by atoms with Gasteiger partial charge in [-0.15, -0.1) is 0 Å². The number of anilines is 1. The standard InChI is InChI=1S/C10H7N5S/c11-6-8-7(12)2-3-9(15-8)16-10-13-4-1-5-14-10/h1-5H,12H2. The van der Waals surface area contributed by atoms with Gasteiger partial charge in [0.05, 0.1) is 5.69 Å². The van der Waals surface area contributed by atoms with Crippen LogP contribution in [-0.2, 0) is 0 Å². The maximum Gasteiger partial charge on any atom is 0.193 e. The quantitative estimate of drug-likeness (QED) is 0.784. The highest BCUT2D eigenvalue weighted by molar-refractivity contribution is 7.99. The summed E-state index contributed by atoms with van der Waals surface area (Å²) in [5.41, 5.74) is 6.17. The van der Waals surface area contributed by atoms with Crippen molar-refractivity contribution >= 4 is 17.4 Å². The predicted octanol–water partition coefficient (Wildman–Crippen LogP) is 1.48. The third-order valence-electron chi connectivity index (χ3n) is 1.74. The van der Waals surface area contributed by atoms with Crippen molar-refractivity contribution in [2.75, 3.05) is 5.73 Å². The molecule has 0 aromatic carbocycles. The topological polar surface area (TPSA) is 88.5 Å². The molecule has 2 aromatic heterocycles. The molecule has 0 bridgehead atoms. The van der Waals surface area contributed by atoms with Gasteiger partial charge in [0.25, 0.3) is 0 Å². The smallest absolute Gasteiger partial charge is 0.193 e. The Balaban J connectivity index is 2.27. The van der Waals surface area contributed by atoms with E-state index in [0.717, 1.165) is 0 Å². The molecule has 6 heteroatoms. The molecule has 0 unspecified atom stereocenters. The summed E-state index contributed by atoms with van der Waals surface area (Å²) in [6.07, 6.45) is 3.30. The van der Waals surface area contributed by atoms with Crippen molar-refractivity contribution in [1.82, 2.24) is 15.0 Å². The molecule has 16 heavy (non-hydrogen) atoms. The zero-order valence-corrected chi connectivity index (χ0v) is 8.98. The van der Waals surface area contributed by atoms with Crippen LogP contribution in [0.15, 0.2) is 40.8 Å². The van der Waals surface area contributed by atoms with Gasteiger partial charge in [-0.2, -0.15) is 5.26 Å². The molecule has 2 N–H and O–H groups in total. The molecule has 78 valence electrons. The highest BCUT2D eigenvalue weighted by Gasteiger charge is 2.04. The third kappa shape index (κ3) is 2.27. The van der Waals surface area contributed by atoms with Gasteiger partial charge >= 0.3 is 0 Å². The second-order valence-corrected chi connectivity index (χ2v) is 3.82. The summed E-state index contributed by atoms with van der Waals surface area (Å²) in [5, 5.41) is 10.0. The Hall–Kier alpha value is -2.13. The van der Waals surface area contributed by atoms with Crippen LogP contribution >= 0.6 is 11.8 Å². The number of nitrogens with zero attached hydrogens (tertiary/aromatic N) is 4. The highest BCUT2D eigenvalue weighted by Crippen LogP contribution is 2.23. The summed E-state index contributed by atoms with van der Waals surface area (Å²) in [5.74, 6) is 0. The van der Waals surface area contributed by atoms with E-state index in [2.05, 4.69) is 15.0 Å². The van der Waals surface area contributed by atoms with Crippen LogP contribution in [0.5, 0.6) is 0 Å². The number of nitrogens with two attached hydrogens (primary N) is 1. The summed E-state index contributed by atoms with van der Waals surface area (Å²) in [7, 11) is 0. The van der Waals surface area contributed by atoms with Gasteiger partial charge in [-0.3, -0.25) is 0 Å². The molecule has 0 aliphatic carbocycles. The van der Waals surface area contributed by atoms with E-state index in [1.54, 1.807) is 30.6 Å². The molecule has 0 amide bonds. The summed E-state index contributed by atoms with van der Waals surface area (Å²) in [4.78, 5) is 12.2. The van der Waals surface area contributed by atoms with Crippen LogP contribution in [-0.4, -0.2) is 15.0 Å². The Bertz CT molecular complexity index is 535.